The number of amides is 4. The molecule has 3 rings (SSSR count). The summed E-state index contributed by atoms with van der Waals surface area (Å²) >= 11 is 0. The van der Waals surface area contributed by atoms with E-state index in [-0.39, 0.29) is 24.4 Å². The molecule has 0 spiro atoms. The van der Waals surface area contributed by atoms with Gasteiger partial charge in [-0.3, -0.25) is 14.5 Å². The molecule has 0 aliphatic carbocycles. The van der Waals surface area contributed by atoms with Gasteiger partial charge in [0.25, 0.3) is 5.91 Å². The second-order valence-electron chi connectivity index (χ2n) is 7.86. The number of rotatable bonds is 7. The first-order valence-corrected chi connectivity index (χ1v) is 9.86. The number of imide groups is 1. The third kappa shape index (κ3) is 4.31. The van der Waals surface area contributed by atoms with Gasteiger partial charge in [-0.1, -0.05) is 74.5 Å². The van der Waals surface area contributed by atoms with Gasteiger partial charge in [-0.25, -0.2) is 4.79 Å². The van der Waals surface area contributed by atoms with Crippen molar-refractivity contribution in [1.29, 1.82) is 0 Å². The first kappa shape index (κ1) is 20.6. The van der Waals surface area contributed by atoms with Crippen molar-refractivity contribution >= 4 is 17.8 Å². The molecule has 0 unspecified atom stereocenters. The van der Waals surface area contributed by atoms with Gasteiger partial charge in [-0.15, -0.1) is 0 Å². The number of carbonyl (C=O) groups excluding carboxylic acids is 3. The highest BCUT2D eigenvalue weighted by molar-refractivity contribution is 6.09. The number of urea groups is 1. The highest BCUT2D eigenvalue weighted by atomic mass is 16.2. The average Bonchev–Trinajstić information content (AvgIpc) is 2.94. The fraction of sp³-hybridized carbons (Fsp3) is 0.348. The molecule has 152 valence electrons. The van der Waals surface area contributed by atoms with E-state index in [1.54, 1.807) is 0 Å². The summed E-state index contributed by atoms with van der Waals surface area (Å²) < 4.78 is 0. The summed E-state index contributed by atoms with van der Waals surface area (Å²) in [5.74, 6) is -0.508. The normalized spacial score (nSPS) is 19.9. The Morgan fingerprint density at radius 1 is 1.00 bits per heavy atom. The van der Waals surface area contributed by atoms with Crippen molar-refractivity contribution in [3.05, 3.63) is 71.8 Å². The maximum absolute atomic E-state index is 13.5. The number of hydrogen-bond donors (Lipinski definition) is 2. The third-order valence-electron chi connectivity index (χ3n) is 5.44. The van der Waals surface area contributed by atoms with Crippen LogP contribution in [0, 0.1) is 5.92 Å². The van der Waals surface area contributed by atoms with Gasteiger partial charge in [0.1, 0.15) is 6.54 Å². The lowest BCUT2D eigenvalue weighted by molar-refractivity contribution is -0.135. The van der Waals surface area contributed by atoms with Gasteiger partial charge in [0.15, 0.2) is 5.54 Å². The van der Waals surface area contributed by atoms with Gasteiger partial charge in [-0.05, 0) is 24.0 Å². The number of carbonyl (C=O) groups is 3. The minimum atomic E-state index is -1.23. The van der Waals surface area contributed by atoms with Gasteiger partial charge in [0.05, 0.1) is 0 Å². The summed E-state index contributed by atoms with van der Waals surface area (Å²) in [6.45, 7) is 5.60. The first-order valence-electron chi connectivity index (χ1n) is 9.86. The van der Waals surface area contributed by atoms with Crippen LogP contribution in [0.1, 0.15) is 31.9 Å². The lowest BCUT2D eigenvalue weighted by Gasteiger charge is -2.27. The maximum Gasteiger partial charge on any atom is 0.325 e. The van der Waals surface area contributed by atoms with Gasteiger partial charge >= 0.3 is 6.03 Å². The minimum Gasteiger partial charge on any atom is -0.352 e. The minimum absolute atomic E-state index is 0.0496. The molecule has 0 saturated carbocycles. The van der Waals surface area contributed by atoms with Crippen molar-refractivity contribution < 1.29 is 14.4 Å². The van der Waals surface area contributed by atoms with Crippen LogP contribution in [-0.4, -0.2) is 35.3 Å². The lowest BCUT2D eigenvalue weighted by Crippen LogP contribution is -2.47. The second-order valence-corrected chi connectivity index (χ2v) is 7.86. The quantitative estimate of drug-likeness (QED) is 0.710. The number of nitrogens with one attached hydrogen (secondary N) is 2. The van der Waals surface area contributed by atoms with E-state index in [2.05, 4.69) is 10.6 Å². The average molecular weight is 393 g/mol. The highest BCUT2D eigenvalue weighted by Gasteiger charge is 2.52. The molecule has 1 saturated heterocycles. The van der Waals surface area contributed by atoms with Crippen molar-refractivity contribution in [3.8, 4) is 0 Å². The van der Waals surface area contributed by atoms with Crippen molar-refractivity contribution in [3.63, 3.8) is 0 Å². The van der Waals surface area contributed by atoms with E-state index in [9.17, 15) is 14.4 Å². The second kappa shape index (κ2) is 8.47. The Kier molecular flexibility index (Phi) is 6.01. The summed E-state index contributed by atoms with van der Waals surface area (Å²) in [5.41, 5.74) is 0.384. The Morgan fingerprint density at radius 3 is 2.17 bits per heavy atom. The summed E-state index contributed by atoms with van der Waals surface area (Å²) in [6.07, 6.45) is 0.308. The summed E-state index contributed by atoms with van der Waals surface area (Å²) in [5, 5.41) is 5.72. The molecule has 0 bridgehead atoms. The largest absolute Gasteiger partial charge is 0.352 e. The van der Waals surface area contributed by atoms with Crippen LogP contribution >= 0.6 is 0 Å². The molecule has 2 aromatic carbocycles. The monoisotopic (exact) mass is 393 g/mol. The molecular formula is C23H27N3O3. The van der Waals surface area contributed by atoms with E-state index in [4.69, 9.17) is 0 Å². The number of benzene rings is 2. The number of nitrogens with zero attached hydrogens (tertiary/aromatic N) is 1. The van der Waals surface area contributed by atoms with Crippen LogP contribution in [0.3, 0.4) is 0 Å². The fourth-order valence-electron chi connectivity index (χ4n) is 3.42. The molecular weight excluding hydrogens is 366 g/mol. The Labute approximate surface area is 171 Å². The lowest BCUT2D eigenvalue weighted by atomic mass is 9.83. The van der Waals surface area contributed by atoms with Crippen molar-refractivity contribution in [2.75, 3.05) is 6.54 Å². The predicted octanol–water partition coefficient (Wildman–Crippen LogP) is 2.84. The topological polar surface area (TPSA) is 78.5 Å². The van der Waals surface area contributed by atoms with Gasteiger partial charge in [0, 0.05) is 12.5 Å². The van der Waals surface area contributed by atoms with Crippen LogP contribution in [0.4, 0.5) is 4.79 Å². The van der Waals surface area contributed by atoms with Crippen LogP contribution in [0.2, 0.25) is 0 Å². The van der Waals surface area contributed by atoms with E-state index in [0.29, 0.717) is 12.0 Å². The third-order valence-corrected chi connectivity index (χ3v) is 5.44. The van der Waals surface area contributed by atoms with E-state index < -0.39 is 17.5 Å². The SMILES string of the molecule is CC(C)[C@@H](C)NC(=O)CN1C(=O)N[C@@](Cc2ccccc2)(c2ccccc2)C1=O. The molecule has 29 heavy (non-hydrogen) atoms. The van der Waals surface area contributed by atoms with E-state index >= 15 is 0 Å². The summed E-state index contributed by atoms with van der Waals surface area (Å²) in [6, 6.07) is 18.1. The van der Waals surface area contributed by atoms with E-state index in [0.717, 1.165) is 10.5 Å². The Hall–Kier alpha value is -3.15. The molecule has 2 aromatic rings. The van der Waals surface area contributed by atoms with Crippen LogP contribution < -0.4 is 10.6 Å². The van der Waals surface area contributed by atoms with E-state index in [1.807, 2.05) is 81.4 Å². The zero-order chi connectivity index (χ0) is 21.0. The zero-order valence-electron chi connectivity index (χ0n) is 17.0. The predicted molar refractivity (Wildman–Crippen MR) is 111 cm³/mol. The summed E-state index contributed by atoms with van der Waals surface area (Å²) in [7, 11) is 0. The van der Waals surface area contributed by atoms with Crippen molar-refractivity contribution in [1.82, 2.24) is 15.5 Å². The Bertz CT molecular complexity index is 883. The molecule has 1 fully saturated rings. The van der Waals surface area contributed by atoms with Crippen LogP contribution in [0.15, 0.2) is 60.7 Å². The Morgan fingerprint density at radius 2 is 1.59 bits per heavy atom. The van der Waals surface area contributed by atoms with E-state index in [1.165, 1.54) is 0 Å². The first-order chi connectivity index (χ1) is 13.8. The van der Waals surface area contributed by atoms with Crippen LogP contribution in [-0.2, 0) is 21.5 Å². The van der Waals surface area contributed by atoms with Gasteiger partial charge < -0.3 is 10.6 Å². The smallest absolute Gasteiger partial charge is 0.325 e. The fourth-order valence-corrected chi connectivity index (χ4v) is 3.42. The molecule has 0 radical (unpaired) electrons. The van der Waals surface area contributed by atoms with Gasteiger partial charge in [0.2, 0.25) is 5.91 Å². The maximum atomic E-state index is 13.5. The molecule has 6 heteroatoms. The molecule has 1 aliphatic rings. The Balaban J connectivity index is 1.89. The molecule has 4 amide bonds. The molecule has 1 aliphatic heterocycles. The highest BCUT2D eigenvalue weighted by Crippen LogP contribution is 2.32. The zero-order valence-corrected chi connectivity index (χ0v) is 17.0. The van der Waals surface area contributed by atoms with Crippen molar-refractivity contribution in [2.24, 2.45) is 5.92 Å². The molecule has 6 nitrogen and oxygen atoms in total. The molecule has 1 heterocycles. The number of hydrogen-bond acceptors (Lipinski definition) is 3. The molecule has 2 N–H and O–H groups in total. The van der Waals surface area contributed by atoms with Crippen LogP contribution in [0.25, 0.3) is 0 Å². The standard InChI is InChI=1S/C23H27N3O3/c1-16(2)17(3)24-20(27)15-26-21(28)23(25-22(26)29,19-12-8-5-9-13-19)14-18-10-6-4-7-11-18/h4-13,16-17H,14-15H2,1-3H3,(H,24,27)(H,25,29)/t17-,23+/m1/s1. The van der Waals surface area contributed by atoms with Crippen LogP contribution in [0.5, 0.6) is 0 Å². The summed E-state index contributed by atoms with van der Waals surface area (Å²) in [4.78, 5) is 39.6. The molecule has 2 atom stereocenters. The van der Waals surface area contributed by atoms with Gasteiger partial charge in [-0.2, -0.15) is 0 Å². The van der Waals surface area contributed by atoms with Crippen molar-refractivity contribution in [2.45, 2.75) is 38.8 Å². The molecule has 0 aromatic heterocycles.